The van der Waals surface area contributed by atoms with E-state index in [9.17, 15) is 13.0 Å². The van der Waals surface area contributed by atoms with Crippen molar-refractivity contribution in [1.82, 2.24) is 0 Å². The lowest BCUT2D eigenvalue weighted by atomic mass is 10.2. The molecule has 1 rings (SSSR count). The molecule has 1 aromatic carbocycles. The maximum Gasteiger partial charge on any atom is 0.476 e. The molecule has 0 aliphatic carbocycles. The van der Waals surface area contributed by atoms with Gasteiger partial charge in [0.2, 0.25) is 0 Å². The lowest BCUT2D eigenvalue weighted by Gasteiger charge is -2.13. The van der Waals surface area contributed by atoms with Gasteiger partial charge in [-0.25, -0.2) is 8.75 Å². The molecule has 9 heteroatoms. The zero-order valence-electron chi connectivity index (χ0n) is 10.7. The summed E-state index contributed by atoms with van der Waals surface area (Å²) >= 11 is 0. The summed E-state index contributed by atoms with van der Waals surface area (Å²) in [4.78, 5) is -0.0219. The molecule has 19 heavy (non-hydrogen) atoms. The van der Waals surface area contributed by atoms with Crippen LogP contribution in [-0.2, 0) is 32.4 Å². The Morgan fingerprint density at radius 2 is 1.63 bits per heavy atom. The summed E-state index contributed by atoms with van der Waals surface area (Å²) in [5, 5.41) is 0. The molecule has 0 radical (unpaired) electrons. The summed E-state index contributed by atoms with van der Waals surface area (Å²) in [5.74, 6) is 0. The quantitative estimate of drug-likeness (QED) is 0.433. The zero-order chi connectivity index (χ0) is 14.5. The van der Waals surface area contributed by atoms with E-state index in [2.05, 4.69) is 17.8 Å². The van der Waals surface area contributed by atoms with Gasteiger partial charge in [0, 0.05) is 14.2 Å². The van der Waals surface area contributed by atoms with Crippen molar-refractivity contribution in [3.8, 4) is 0 Å². The van der Waals surface area contributed by atoms with Crippen LogP contribution >= 0.6 is 7.82 Å². The van der Waals surface area contributed by atoms with Crippen molar-refractivity contribution in [2.24, 2.45) is 0 Å². The first-order valence-electron chi connectivity index (χ1n) is 5.15. The lowest BCUT2D eigenvalue weighted by molar-refractivity contribution is 0.0709. The topological polar surface area (TPSA) is 88.1 Å². The minimum Gasteiger partial charge on any atom is -0.290 e. The van der Waals surface area contributed by atoms with E-state index < -0.39 is 24.7 Å². The van der Waals surface area contributed by atoms with Crippen LogP contribution in [0.1, 0.15) is 5.56 Å². The van der Waals surface area contributed by atoms with Crippen molar-refractivity contribution in [3.05, 3.63) is 29.8 Å². The van der Waals surface area contributed by atoms with Gasteiger partial charge in [0.25, 0.3) is 10.1 Å². The maximum absolute atomic E-state index is 11.7. The van der Waals surface area contributed by atoms with Gasteiger partial charge in [-0.15, -0.1) is 0 Å². The number of hydrogen-bond acceptors (Lipinski definition) is 7. The number of aryl methyl sites for hydroxylation is 1. The third kappa shape index (κ3) is 4.68. The second-order valence-corrected chi connectivity index (χ2v) is 6.94. The van der Waals surface area contributed by atoms with Crippen LogP contribution in [0.3, 0.4) is 0 Å². The largest absolute Gasteiger partial charge is 0.476 e. The van der Waals surface area contributed by atoms with E-state index in [0.29, 0.717) is 0 Å². The van der Waals surface area contributed by atoms with Gasteiger partial charge in [0.15, 0.2) is 6.79 Å². The summed E-state index contributed by atoms with van der Waals surface area (Å²) < 4.78 is 53.1. The van der Waals surface area contributed by atoms with Crippen molar-refractivity contribution in [2.75, 3.05) is 21.0 Å². The van der Waals surface area contributed by atoms with Crippen LogP contribution in [0.5, 0.6) is 0 Å². The second-order valence-electron chi connectivity index (χ2n) is 3.44. The Balaban J connectivity index is 2.66. The summed E-state index contributed by atoms with van der Waals surface area (Å²) in [6.07, 6.45) is 0. The van der Waals surface area contributed by atoms with Crippen molar-refractivity contribution >= 4 is 17.9 Å². The van der Waals surface area contributed by atoms with Gasteiger partial charge in [-0.3, -0.25) is 13.6 Å². The van der Waals surface area contributed by atoms with E-state index in [4.69, 9.17) is 0 Å². The van der Waals surface area contributed by atoms with Crippen LogP contribution < -0.4 is 0 Å². The molecule has 0 heterocycles. The molecule has 0 atom stereocenters. The standard InChI is InChI=1S/C10H15O7PS/c1-9-4-6-10(7-5-9)19(12,13)17-8-16-18(11,14-2)15-3/h4-7H,8H2,1-3H3. The van der Waals surface area contributed by atoms with Crippen LogP contribution in [0.25, 0.3) is 0 Å². The molecule has 0 unspecified atom stereocenters. The molecule has 0 bridgehead atoms. The molecular formula is C10H15O7PS. The highest BCUT2D eigenvalue weighted by atomic mass is 32.2. The van der Waals surface area contributed by atoms with Gasteiger partial charge < -0.3 is 0 Å². The van der Waals surface area contributed by atoms with Crippen molar-refractivity contribution in [2.45, 2.75) is 11.8 Å². The smallest absolute Gasteiger partial charge is 0.290 e. The van der Waals surface area contributed by atoms with E-state index in [1.165, 1.54) is 12.1 Å². The molecule has 108 valence electrons. The minimum atomic E-state index is -3.97. The monoisotopic (exact) mass is 310 g/mol. The third-order valence-electron chi connectivity index (χ3n) is 2.17. The van der Waals surface area contributed by atoms with E-state index >= 15 is 0 Å². The number of benzene rings is 1. The number of hydrogen-bond donors (Lipinski definition) is 0. The SMILES string of the molecule is COP(=O)(OC)OCOS(=O)(=O)c1ccc(C)cc1. The Hall–Kier alpha value is -0.760. The third-order valence-corrected chi connectivity index (χ3v) is 4.74. The van der Waals surface area contributed by atoms with Gasteiger partial charge in [0.05, 0.1) is 4.90 Å². The van der Waals surface area contributed by atoms with Gasteiger partial charge in [0.1, 0.15) is 0 Å². The Bertz CT molecular complexity index is 544. The number of phosphoric ester groups is 1. The molecule has 0 spiro atoms. The first-order chi connectivity index (χ1) is 8.83. The molecule has 0 aromatic heterocycles. The molecule has 0 aliphatic rings. The van der Waals surface area contributed by atoms with Crippen LogP contribution in [0.4, 0.5) is 0 Å². The average molecular weight is 310 g/mol. The zero-order valence-corrected chi connectivity index (χ0v) is 12.4. The van der Waals surface area contributed by atoms with Crippen molar-refractivity contribution in [3.63, 3.8) is 0 Å². The summed E-state index contributed by atoms with van der Waals surface area (Å²) in [6, 6.07) is 6.06. The molecule has 0 saturated carbocycles. The van der Waals surface area contributed by atoms with Crippen LogP contribution in [-0.4, -0.2) is 29.4 Å². The molecule has 7 nitrogen and oxygen atoms in total. The Morgan fingerprint density at radius 3 is 2.11 bits per heavy atom. The molecule has 0 amide bonds. The molecule has 0 N–H and O–H groups in total. The second kappa shape index (κ2) is 6.60. The molecule has 0 saturated heterocycles. The first kappa shape index (κ1) is 16.3. The molecule has 0 fully saturated rings. The van der Waals surface area contributed by atoms with E-state index in [1.807, 2.05) is 6.92 Å². The fraction of sp³-hybridized carbons (Fsp3) is 0.400. The average Bonchev–Trinajstić information content (AvgIpc) is 2.39. The fourth-order valence-electron chi connectivity index (χ4n) is 1.10. The van der Waals surface area contributed by atoms with Crippen LogP contribution in [0.2, 0.25) is 0 Å². The van der Waals surface area contributed by atoms with Crippen LogP contribution in [0.15, 0.2) is 29.2 Å². The summed E-state index contributed by atoms with van der Waals surface area (Å²) in [7, 11) is -5.51. The van der Waals surface area contributed by atoms with Gasteiger partial charge in [-0.05, 0) is 19.1 Å². The van der Waals surface area contributed by atoms with Crippen molar-refractivity contribution < 1.29 is 30.7 Å². The Kier molecular flexibility index (Phi) is 5.66. The molecule has 0 aliphatic heterocycles. The van der Waals surface area contributed by atoms with Crippen LogP contribution in [0, 0.1) is 6.92 Å². The number of rotatable bonds is 7. The minimum absolute atomic E-state index is 0.0219. The van der Waals surface area contributed by atoms with Gasteiger partial charge in [-0.1, -0.05) is 17.7 Å². The summed E-state index contributed by atoms with van der Waals surface area (Å²) in [5.41, 5.74) is 0.915. The summed E-state index contributed by atoms with van der Waals surface area (Å²) in [6.45, 7) is 1.06. The van der Waals surface area contributed by atoms with E-state index in [0.717, 1.165) is 19.8 Å². The van der Waals surface area contributed by atoms with E-state index in [-0.39, 0.29) is 4.90 Å². The molecular weight excluding hydrogens is 295 g/mol. The fourth-order valence-corrected chi connectivity index (χ4v) is 2.50. The predicted octanol–water partition coefficient (Wildman–Crippen LogP) is 2.08. The highest BCUT2D eigenvalue weighted by Crippen LogP contribution is 2.47. The number of phosphoric acid groups is 1. The Labute approximate surface area is 112 Å². The first-order valence-corrected chi connectivity index (χ1v) is 8.02. The van der Waals surface area contributed by atoms with Gasteiger partial charge in [-0.2, -0.15) is 8.42 Å². The predicted molar refractivity (Wildman–Crippen MR) is 67.0 cm³/mol. The van der Waals surface area contributed by atoms with Gasteiger partial charge >= 0.3 is 7.82 Å². The van der Waals surface area contributed by atoms with E-state index in [1.54, 1.807) is 12.1 Å². The normalized spacial score (nSPS) is 12.6. The maximum atomic E-state index is 11.7. The van der Waals surface area contributed by atoms with Crippen molar-refractivity contribution in [1.29, 1.82) is 0 Å². The Morgan fingerprint density at radius 1 is 1.11 bits per heavy atom. The lowest BCUT2D eigenvalue weighted by Crippen LogP contribution is -2.09. The molecule has 1 aromatic rings. The highest BCUT2D eigenvalue weighted by molar-refractivity contribution is 7.86. The highest BCUT2D eigenvalue weighted by Gasteiger charge is 2.24.